The molecule has 3 heteroatoms. The van der Waals surface area contributed by atoms with Crippen molar-refractivity contribution < 1.29 is 14.3 Å². The molecule has 1 fully saturated rings. The van der Waals surface area contributed by atoms with Gasteiger partial charge in [0.05, 0.1) is 6.61 Å². The summed E-state index contributed by atoms with van der Waals surface area (Å²) in [7, 11) is 0. The second-order valence-electron chi connectivity index (χ2n) is 4.69. The summed E-state index contributed by atoms with van der Waals surface area (Å²) in [6.45, 7) is 4.02. The van der Waals surface area contributed by atoms with Gasteiger partial charge in [0.1, 0.15) is 11.2 Å². The molecule has 92 valence electrons. The molecule has 0 radical (unpaired) electrons. The maximum atomic E-state index is 12.0. The van der Waals surface area contributed by atoms with Crippen molar-refractivity contribution in [3.8, 4) is 0 Å². The SMILES string of the molecule is CCCCOC(=O)C1(C(C)=O)CCCCC1. The maximum Gasteiger partial charge on any atom is 0.319 e. The van der Waals surface area contributed by atoms with E-state index < -0.39 is 5.41 Å². The molecular formula is C13H22O3. The molecule has 0 saturated heterocycles. The summed E-state index contributed by atoms with van der Waals surface area (Å²) in [5.74, 6) is -0.304. The second-order valence-corrected chi connectivity index (χ2v) is 4.69. The van der Waals surface area contributed by atoms with E-state index in [9.17, 15) is 9.59 Å². The lowest BCUT2D eigenvalue weighted by molar-refractivity contribution is -0.162. The Kier molecular flexibility index (Phi) is 4.97. The first-order valence-electron chi connectivity index (χ1n) is 6.32. The molecule has 0 aromatic rings. The molecule has 1 aliphatic rings. The van der Waals surface area contributed by atoms with E-state index in [1.165, 1.54) is 6.92 Å². The molecule has 0 aromatic carbocycles. The van der Waals surface area contributed by atoms with Crippen molar-refractivity contribution in [1.29, 1.82) is 0 Å². The first-order chi connectivity index (χ1) is 7.63. The summed E-state index contributed by atoms with van der Waals surface area (Å²) in [6, 6.07) is 0. The number of ketones is 1. The maximum absolute atomic E-state index is 12.0. The van der Waals surface area contributed by atoms with Crippen molar-refractivity contribution in [2.24, 2.45) is 5.41 Å². The Bertz CT molecular complexity index is 252. The van der Waals surface area contributed by atoms with Crippen LogP contribution < -0.4 is 0 Å². The van der Waals surface area contributed by atoms with E-state index in [1.54, 1.807) is 0 Å². The number of carbonyl (C=O) groups excluding carboxylic acids is 2. The molecule has 0 heterocycles. The number of ether oxygens (including phenoxy) is 1. The van der Waals surface area contributed by atoms with Gasteiger partial charge in [0.15, 0.2) is 0 Å². The van der Waals surface area contributed by atoms with Crippen LogP contribution in [0.4, 0.5) is 0 Å². The lowest BCUT2D eigenvalue weighted by atomic mass is 9.71. The van der Waals surface area contributed by atoms with Crippen LogP contribution in [0.15, 0.2) is 0 Å². The minimum Gasteiger partial charge on any atom is -0.465 e. The van der Waals surface area contributed by atoms with Crippen LogP contribution in [-0.2, 0) is 14.3 Å². The second kappa shape index (κ2) is 6.02. The fourth-order valence-electron chi connectivity index (χ4n) is 2.30. The first-order valence-corrected chi connectivity index (χ1v) is 6.32. The number of hydrogen-bond acceptors (Lipinski definition) is 3. The first kappa shape index (κ1) is 13.2. The van der Waals surface area contributed by atoms with Crippen LogP contribution in [0, 0.1) is 5.41 Å². The van der Waals surface area contributed by atoms with Crippen LogP contribution in [0.5, 0.6) is 0 Å². The van der Waals surface area contributed by atoms with Crippen LogP contribution in [0.3, 0.4) is 0 Å². The lowest BCUT2D eigenvalue weighted by Crippen LogP contribution is -2.41. The van der Waals surface area contributed by atoms with E-state index in [-0.39, 0.29) is 11.8 Å². The standard InChI is InChI=1S/C13H22O3/c1-3-4-10-16-12(15)13(11(2)14)8-6-5-7-9-13/h3-10H2,1-2H3. The monoisotopic (exact) mass is 226 g/mol. The molecule has 0 spiro atoms. The van der Waals surface area contributed by atoms with Gasteiger partial charge in [0, 0.05) is 0 Å². The van der Waals surface area contributed by atoms with Gasteiger partial charge >= 0.3 is 5.97 Å². The molecule has 0 bridgehead atoms. The highest BCUT2D eigenvalue weighted by Crippen LogP contribution is 2.38. The van der Waals surface area contributed by atoms with E-state index >= 15 is 0 Å². The molecule has 0 aromatic heterocycles. The van der Waals surface area contributed by atoms with Crippen molar-refractivity contribution in [3.05, 3.63) is 0 Å². The summed E-state index contributed by atoms with van der Waals surface area (Å²) in [5.41, 5.74) is -0.814. The predicted octanol–water partition coefficient (Wildman–Crippen LogP) is 2.87. The molecule has 0 amide bonds. The minimum atomic E-state index is -0.814. The molecular weight excluding hydrogens is 204 g/mol. The smallest absolute Gasteiger partial charge is 0.319 e. The van der Waals surface area contributed by atoms with Gasteiger partial charge in [-0.05, 0) is 26.2 Å². The van der Waals surface area contributed by atoms with Crippen molar-refractivity contribution in [2.75, 3.05) is 6.61 Å². The molecule has 16 heavy (non-hydrogen) atoms. The van der Waals surface area contributed by atoms with Crippen molar-refractivity contribution >= 4 is 11.8 Å². The molecule has 1 rings (SSSR count). The van der Waals surface area contributed by atoms with E-state index in [1.807, 2.05) is 0 Å². The Hall–Kier alpha value is -0.860. The summed E-state index contributed by atoms with van der Waals surface area (Å²) < 4.78 is 5.23. The minimum absolute atomic E-state index is 0.0197. The molecule has 3 nitrogen and oxygen atoms in total. The number of unbranched alkanes of at least 4 members (excludes halogenated alkanes) is 1. The van der Waals surface area contributed by atoms with Gasteiger partial charge in [0.25, 0.3) is 0 Å². The number of rotatable bonds is 5. The molecule has 0 N–H and O–H groups in total. The van der Waals surface area contributed by atoms with Crippen LogP contribution in [-0.4, -0.2) is 18.4 Å². The zero-order chi connectivity index (χ0) is 12.0. The van der Waals surface area contributed by atoms with Crippen molar-refractivity contribution in [3.63, 3.8) is 0 Å². The van der Waals surface area contributed by atoms with E-state index in [4.69, 9.17) is 4.74 Å². The number of carbonyl (C=O) groups is 2. The topological polar surface area (TPSA) is 43.4 Å². The highest BCUT2D eigenvalue weighted by Gasteiger charge is 2.45. The molecule has 1 saturated carbocycles. The van der Waals surface area contributed by atoms with Gasteiger partial charge in [-0.15, -0.1) is 0 Å². The third-order valence-electron chi connectivity index (χ3n) is 3.50. The third kappa shape index (κ3) is 2.83. The summed E-state index contributed by atoms with van der Waals surface area (Å²) >= 11 is 0. The number of esters is 1. The predicted molar refractivity (Wildman–Crippen MR) is 62.1 cm³/mol. The van der Waals surface area contributed by atoms with E-state index in [0.29, 0.717) is 19.4 Å². The molecule has 0 aliphatic heterocycles. The van der Waals surface area contributed by atoms with Crippen LogP contribution in [0.2, 0.25) is 0 Å². The Morgan fingerprint density at radius 2 is 1.81 bits per heavy atom. The molecule has 1 aliphatic carbocycles. The van der Waals surface area contributed by atoms with Crippen molar-refractivity contribution in [1.82, 2.24) is 0 Å². The average Bonchev–Trinajstić information content (AvgIpc) is 2.30. The van der Waals surface area contributed by atoms with E-state index in [2.05, 4.69) is 6.92 Å². The zero-order valence-corrected chi connectivity index (χ0v) is 10.4. The number of Topliss-reactive ketones (excluding diaryl/α,β-unsaturated/α-hetero) is 1. The van der Waals surface area contributed by atoms with Crippen LogP contribution in [0.25, 0.3) is 0 Å². The average molecular weight is 226 g/mol. The highest BCUT2D eigenvalue weighted by atomic mass is 16.5. The summed E-state index contributed by atoms with van der Waals surface area (Å²) in [6.07, 6.45) is 6.27. The zero-order valence-electron chi connectivity index (χ0n) is 10.4. The van der Waals surface area contributed by atoms with Gasteiger partial charge in [-0.3, -0.25) is 9.59 Å². The van der Waals surface area contributed by atoms with Gasteiger partial charge < -0.3 is 4.74 Å². The Balaban J connectivity index is 2.61. The van der Waals surface area contributed by atoms with E-state index in [0.717, 1.165) is 32.1 Å². The van der Waals surface area contributed by atoms with Gasteiger partial charge in [0.2, 0.25) is 0 Å². The highest BCUT2D eigenvalue weighted by molar-refractivity contribution is 6.02. The Labute approximate surface area is 97.5 Å². The fraction of sp³-hybridized carbons (Fsp3) is 0.846. The Morgan fingerprint density at radius 3 is 2.31 bits per heavy atom. The lowest BCUT2D eigenvalue weighted by Gasteiger charge is -2.32. The van der Waals surface area contributed by atoms with Crippen LogP contribution in [0.1, 0.15) is 58.8 Å². The molecule has 0 atom stereocenters. The Morgan fingerprint density at radius 1 is 1.19 bits per heavy atom. The third-order valence-corrected chi connectivity index (χ3v) is 3.50. The van der Waals surface area contributed by atoms with Gasteiger partial charge in [-0.1, -0.05) is 32.6 Å². The summed E-state index contributed by atoms with van der Waals surface area (Å²) in [5, 5.41) is 0. The van der Waals surface area contributed by atoms with Crippen LogP contribution >= 0.6 is 0 Å². The normalized spacial score (nSPS) is 19.1. The quantitative estimate of drug-likeness (QED) is 0.411. The molecule has 0 unspecified atom stereocenters. The largest absolute Gasteiger partial charge is 0.465 e. The fourth-order valence-corrected chi connectivity index (χ4v) is 2.30. The van der Waals surface area contributed by atoms with Gasteiger partial charge in [-0.2, -0.15) is 0 Å². The van der Waals surface area contributed by atoms with Gasteiger partial charge in [-0.25, -0.2) is 0 Å². The summed E-state index contributed by atoms with van der Waals surface area (Å²) in [4.78, 5) is 23.7. The van der Waals surface area contributed by atoms with Crippen molar-refractivity contribution in [2.45, 2.75) is 58.8 Å². The number of hydrogen-bond donors (Lipinski definition) is 0.